The van der Waals surface area contributed by atoms with Crippen LogP contribution in [-0.2, 0) is 29.1 Å². The average molecular weight is 394 g/mol. The minimum absolute atomic E-state index is 0.0180. The maximum atomic E-state index is 12.5. The van der Waals surface area contributed by atoms with Gasteiger partial charge in [-0.25, -0.2) is 8.42 Å². The van der Waals surface area contributed by atoms with Gasteiger partial charge in [-0.3, -0.25) is 9.59 Å². The van der Waals surface area contributed by atoms with Gasteiger partial charge in [0.25, 0.3) is 0 Å². The summed E-state index contributed by atoms with van der Waals surface area (Å²) in [6.45, 7) is -0.661. The van der Waals surface area contributed by atoms with Gasteiger partial charge in [0.15, 0.2) is 0 Å². The van der Waals surface area contributed by atoms with Gasteiger partial charge in [-0.1, -0.05) is 15.9 Å². The van der Waals surface area contributed by atoms with Gasteiger partial charge in [-0.2, -0.15) is 4.31 Å². The first kappa shape index (κ1) is 18.6. The predicted molar refractivity (Wildman–Crippen MR) is 81.5 cm³/mol. The lowest BCUT2D eigenvalue weighted by atomic mass is 10.4. The summed E-state index contributed by atoms with van der Waals surface area (Å²) in [5.41, 5.74) is 0. The molecule has 0 amide bonds. The third kappa shape index (κ3) is 5.08. The standard InChI is InChI=1S/C13H16BrNO6S/c1-20-12(16)7-8-15(9-13(17)21-2)22(18,19)11-5-3-10(14)4-6-11/h3-6H,7-9H2,1-2H3. The SMILES string of the molecule is COC(=O)CCN(CC(=O)OC)S(=O)(=O)c1ccc(Br)cc1. The molecule has 0 unspecified atom stereocenters. The van der Waals surface area contributed by atoms with Crippen molar-refractivity contribution in [2.45, 2.75) is 11.3 Å². The first-order chi connectivity index (χ1) is 10.3. The summed E-state index contributed by atoms with van der Waals surface area (Å²) in [5, 5.41) is 0. The quantitative estimate of drug-likeness (QED) is 0.646. The fourth-order valence-electron chi connectivity index (χ4n) is 1.57. The largest absolute Gasteiger partial charge is 0.469 e. The minimum atomic E-state index is -3.92. The van der Waals surface area contributed by atoms with Crippen LogP contribution < -0.4 is 0 Å². The Hall–Kier alpha value is -1.45. The summed E-state index contributed by atoms with van der Waals surface area (Å²) in [5.74, 6) is -1.29. The molecule has 1 rings (SSSR count). The van der Waals surface area contributed by atoms with Gasteiger partial charge < -0.3 is 9.47 Å². The van der Waals surface area contributed by atoms with E-state index in [1.165, 1.54) is 19.2 Å². The second-order valence-corrected chi connectivity index (χ2v) is 7.05. The number of hydrogen-bond donors (Lipinski definition) is 0. The van der Waals surface area contributed by atoms with Gasteiger partial charge in [0.1, 0.15) is 6.54 Å². The Morgan fingerprint density at radius 2 is 1.64 bits per heavy atom. The molecule has 0 fully saturated rings. The zero-order chi connectivity index (χ0) is 16.8. The van der Waals surface area contributed by atoms with Crippen molar-refractivity contribution in [3.63, 3.8) is 0 Å². The Balaban J connectivity index is 3.03. The summed E-state index contributed by atoms with van der Waals surface area (Å²) in [6, 6.07) is 5.96. The lowest BCUT2D eigenvalue weighted by Crippen LogP contribution is -2.37. The number of rotatable bonds is 7. The normalized spacial score (nSPS) is 11.3. The molecule has 0 N–H and O–H groups in total. The van der Waals surface area contributed by atoms with E-state index in [1.54, 1.807) is 12.1 Å². The van der Waals surface area contributed by atoms with Crippen molar-refractivity contribution >= 4 is 37.9 Å². The second kappa shape index (κ2) is 8.25. The Morgan fingerprint density at radius 3 is 2.14 bits per heavy atom. The van der Waals surface area contributed by atoms with Crippen molar-refractivity contribution in [1.29, 1.82) is 0 Å². The number of halogens is 1. The first-order valence-corrected chi connectivity index (χ1v) is 8.44. The van der Waals surface area contributed by atoms with Crippen LogP contribution in [0.25, 0.3) is 0 Å². The molecule has 1 aromatic rings. The molecule has 0 aliphatic carbocycles. The molecular weight excluding hydrogens is 378 g/mol. The van der Waals surface area contributed by atoms with E-state index >= 15 is 0 Å². The van der Waals surface area contributed by atoms with E-state index in [0.29, 0.717) is 0 Å². The highest BCUT2D eigenvalue weighted by molar-refractivity contribution is 9.10. The average Bonchev–Trinajstić information content (AvgIpc) is 2.50. The molecule has 1 aromatic carbocycles. The monoisotopic (exact) mass is 393 g/mol. The number of carbonyl (C=O) groups is 2. The topological polar surface area (TPSA) is 90.0 Å². The fraction of sp³-hybridized carbons (Fsp3) is 0.385. The van der Waals surface area contributed by atoms with Crippen LogP contribution in [0, 0.1) is 0 Å². The summed E-state index contributed by atoms with van der Waals surface area (Å²) in [6.07, 6.45) is -0.163. The highest BCUT2D eigenvalue weighted by Gasteiger charge is 2.27. The number of methoxy groups -OCH3 is 2. The van der Waals surface area contributed by atoms with Gasteiger partial charge in [0.2, 0.25) is 10.0 Å². The highest BCUT2D eigenvalue weighted by Crippen LogP contribution is 2.19. The molecular formula is C13H16BrNO6S. The van der Waals surface area contributed by atoms with Crippen LogP contribution >= 0.6 is 15.9 Å². The predicted octanol–water partition coefficient (Wildman–Crippen LogP) is 1.18. The van der Waals surface area contributed by atoms with Crippen LogP contribution in [0.15, 0.2) is 33.6 Å². The van der Waals surface area contributed by atoms with E-state index < -0.39 is 28.5 Å². The number of esters is 2. The number of carbonyl (C=O) groups excluding carboxylic acids is 2. The minimum Gasteiger partial charge on any atom is -0.469 e. The van der Waals surface area contributed by atoms with Crippen molar-refractivity contribution in [1.82, 2.24) is 4.31 Å². The van der Waals surface area contributed by atoms with Crippen LogP contribution in [-0.4, -0.2) is 52.0 Å². The van der Waals surface area contributed by atoms with Crippen LogP contribution in [0.5, 0.6) is 0 Å². The van der Waals surface area contributed by atoms with Crippen molar-refractivity contribution in [2.75, 3.05) is 27.3 Å². The van der Waals surface area contributed by atoms with Gasteiger partial charge >= 0.3 is 11.9 Å². The van der Waals surface area contributed by atoms with Crippen LogP contribution in [0.2, 0.25) is 0 Å². The van der Waals surface area contributed by atoms with Gasteiger partial charge in [-0.05, 0) is 24.3 Å². The number of hydrogen-bond acceptors (Lipinski definition) is 6. The molecule has 0 aromatic heterocycles. The van der Waals surface area contributed by atoms with Gasteiger partial charge in [-0.15, -0.1) is 0 Å². The fourth-order valence-corrected chi connectivity index (χ4v) is 3.22. The van der Waals surface area contributed by atoms with E-state index in [1.807, 2.05) is 0 Å². The Bertz CT molecular complexity index is 628. The van der Waals surface area contributed by atoms with Crippen molar-refractivity contribution < 1.29 is 27.5 Å². The Kier molecular flexibility index (Phi) is 6.98. The van der Waals surface area contributed by atoms with Crippen LogP contribution in [0.1, 0.15) is 6.42 Å². The molecule has 0 atom stereocenters. The molecule has 0 aliphatic heterocycles. The van der Waals surface area contributed by atoms with Gasteiger partial charge in [0, 0.05) is 11.0 Å². The molecule has 22 heavy (non-hydrogen) atoms. The van der Waals surface area contributed by atoms with E-state index in [-0.39, 0.29) is 17.9 Å². The van der Waals surface area contributed by atoms with E-state index in [0.717, 1.165) is 15.9 Å². The van der Waals surface area contributed by atoms with Crippen molar-refractivity contribution in [2.24, 2.45) is 0 Å². The van der Waals surface area contributed by atoms with E-state index in [2.05, 4.69) is 25.4 Å². The lowest BCUT2D eigenvalue weighted by molar-refractivity contribution is -0.143. The maximum absolute atomic E-state index is 12.5. The van der Waals surface area contributed by atoms with E-state index in [4.69, 9.17) is 0 Å². The number of ether oxygens (including phenoxy) is 2. The zero-order valence-corrected chi connectivity index (χ0v) is 14.5. The summed E-state index contributed by atoms with van der Waals surface area (Å²) in [4.78, 5) is 22.6. The summed E-state index contributed by atoms with van der Waals surface area (Å²) in [7, 11) is -1.56. The third-order valence-corrected chi connectivity index (χ3v) is 5.17. The first-order valence-electron chi connectivity index (χ1n) is 6.20. The molecule has 0 bridgehead atoms. The molecule has 0 radical (unpaired) electrons. The number of benzene rings is 1. The van der Waals surface area contributed by atoms with E-state index in [9.17, 15) is 18.0 Å². The molecule has 122 valence electrons. The molecule has 0 saturated heterocycles. The highest BCUT2D eigenvalue weighted by atomic mass is 79.9. The van der Waals surface area contributed by atoms with Crippen molar-refractivity contribution in [3.8, 4) is 0 Å². The van der Waals surface area contributed by atoms with Crippen LogP contribution in [0.4, 0.5) is 0 Å². The number of sulfonamides is 1. The van der Waals surface area contributed by atoms with Crippen molar-refractivity contribution in [3.05, 3.63) is 28.7 Å². The molecule has 0 heterocycles. The second-order valence-electron chi connectivity index (χ2n) is 4.19. The molecule has 0 aliphatic rings. The van der Waals surface area contributed by atoms with Crippen LogP contribution in [0.3, 0.4) is 0 Å². The smallest absolute Gasteiger partial charge is 0.321 e. The third-order valence-electron chi connectivity index (χ3n) is 2.78. The lowest BCUT2D eigenvalue weighted by Gasteiger charge is -2.20. The Labute approximate surface area is 137 Å². The maximum Gasteiger partial charge on any atom is 0.321 e. The summed E-state index contributed by atoms with van der Waals surface area (Å²) >= 11 is 3.22. The number of nitrogens with zero attached hydrogens (tertiary/aromatic N) is 1. The zero-order valence-electron chi connectivity index (χ0n) is 12.1. The molecule has 7 nitrogen and oxygen atoms in total. The molecule has 9 heteroatoms. The molecule has 0 saturated carbocycles. The Morgan fingerprint density at radius 1 is 1.09 bits per heavy atom. The summed E-state index contributed by atoms with van der Waals surface area (Å²) < 4.78 is 35.7. The molecule has 0 spiro atoms. The van der Waals surface area contributed by atoms with Gasteiger partial charge in [0.05, 0.1) is 25.5 Å².